The van der Waals surface area contributed by atoms with Crippen molar-refractivity contribution in [3.05, 3.63) is 76.3 Å². The Balaban J connectivity index is 1.63. The van der Waals surface area contributed by atoms with Crippen LogP contribution in [0.1, 0.15) is 10.4 Å². The predicted octanol–water partition coefficient (Wildman–Crippen LogP) is 3.41. The van der Waals surface area contributed by atoms with Crippen molar-refractivity contribution >= 4 is 33.7 Å². The Morgan fingerprint density at radius 2 is 1.79 bits per heavy atom. The number of hydrogen-bond donors (Lipinski definition) is 2. The minimum atomic E-state index is -0.398. The van der Waals surface area contributed by atoms with Crippen LogP contribution in [0.2, 0.25) is 0 Å². The lowest BCUT2D eigenvalue weighted by Crippen LogP contribution is -2.43. The minimum absolute atomic E-state index is 0.00220. The van der Waals surface area contributed by atoms with E-state index in [1.165, 1.54) is 6.07 Å². The highest BCUT2D eigenvalue weighted by molar-refractivity contribution is 6.13. The Kier molecular flexibility index (Phi) is 4.90. The maximum Gasteiger partial charge on any atom is 0.294 e. The van der Waals surface area contributed by atoms with Crippen molar-refractivity contribution in [2.75, 3.05) is 36.4 Å². The van der Waals surface area contributed by atoms with Gasteiger partial charge in [0.15, 0.2) is 0 Å². The highest BCUT2D eigenvalue weighted by atomic mass is 16.6. The molecule has 0 unspecified atom stereocenters. The van der Waals surface area contributed by atoms with Gasteiger partial charge in [-0.05, 0) is 29.0 Å². The van der Waals surface area contributed by atoms with Crippen LogP contribution in [-0.4, -0.2) is 37.0 Å². The Morgan fingerprint density at radius 1 is 1.04 bits per heavy atom. The quantitative estimate of drug-likeness (QED) is 0.538. The lowest BCUT2D eigenvalue weighted by atomic mass is 10.0. The first-order chi connectivity index (χ1) is 13.6. The van der Waals surface area contributed by atoms with Crippen LogP contribution < -0.4 is 15.5 Å². The molecule has 4 rings (SSSR count). The second kappa shape index (κ2) is 7.66. The second-order valence-electron chi connectivity index (χ2n) is 6.68. The molecule has 1 heterocycles. The number of nitrogens with zero attached hydrogens (tertiary/aromatic N) is 2. The first-order valence-corrected chi connectivity index (χ1v) is 9.17. The topological polar surface area (TPSA) is 87.5 Å². The molecule has 142 valence electrons. The molecule has 3 aromatic rings. The zero-order chi connectivity index (χ0) is 19.5. The number of nitro groups is 1. The third-order valence-corrected chi connectivity index (χ3v) is 4.92. The fourth-order valence-electron chi connectivity index (χ4n) is 3.54. The summed E-state index contributed by atoms with van der Waals surface area (Å²) in [5.74, 6) is -0.291. The van der Waals surface area contributed by atoms with Gasteiger partial charge in [-0.3, -0.25) is 14.9 Å². The van der Waals surface area contributed by atoms with Gasteiger partial charge in [0.05, 0.1) is 4.92 Å². The summed E-state index contributed by atoms with van der Waals surface area (Å²) < 4.78 is 0. The largest absolute Gasteiger partial charge is 0.363 e. The fourth-order valence-corrected chi connectivity index (χ4v) is 3.54. The van der Waals surface area contributed by atoms with Crippen molar-refractivity contribution in [1.82, 2.24) is 5.32 Å². The number of amides is 1. The molecule has 0 saturated carbocycles. The van der Waals surface area contributed by atoms with E-state index in [1.54, 1.807) is 18.2 Å². The molecule has 1 fully saturated rings. The number of nitro benzene ring substituents is 1. The summed E-state index contributed by atoms with van der Waals surface area (Å²) >= 11 is 0. The predicted molar refractivity (Wildman–Crippen MR) is 110 cm³/mol. The van der Waals surface area contributed by atoms with E-state index in [9.17, 15) is 14.9 Å². The number of fused-ring (bicyclic) bond motifs is 1. The summed E-state index contributed by atoms with van der Waals surface area (Å²) in [7, 11) is 0. The molecule has 1 aliphatic rings. The van der Waals surface area contributed by atoms with Gasteiger partial charge in [0.25, 0.3) is 11.6 Å². The third-order valence-electron chi connectivity index (χ3n) is 4.92. The van der Waals surface area contributed by atoms with Gasteiger partial charge in [0.2, 0.25) is 0 Å². The van der Waals surface area contributed by atoms with Crippen molar-refractivity contribution in [3.63, 3.8) is 0 Å². The van der Waals surface area contributed by atoms with Crippen LogP contribution in [-0.2, 0) is 0 Å². The molecule has 0 atom stereocenters. The van der Waals surface area contributed by atoms with E-state index in [0.717, 1.165) is 23.9 Å². The minimum Gasteiger partial charge on any atom is -0.363 e. The van der Waals surface area contributed by atoms with E-state index in [4.69, 9.17) is 0 Å². The van der Waals surface area contributed by atoms with Crippen molar-refractivity contribution in [1.29, 1.82) is 0 Å². The number of carbonyl (C=O) groups is 1. The standard InChI is InChI=1S/C21H20N4O3/c26-21(18-7-3-5-15-4-1-2-6-17(15)18)23-16-8-9-19(20(14-16)25(27)28)24-12-10-22-11-13-24/h1-9,14,22H,10-13H2,(H,23,26). The smallest absolute Gasteiger partial charge is 0.294 e. The molecule has 1 aliphatic heterocycles. The summed E-state index contributed by atoms with van der Waals surface area (Å²) in [6, 6.07) is 18.0. The van der Waals surface area contributed by atoms with Gasteiger partial charge in [0.1, 0.15) is 5.69 Å². The van der Waals surface area contributed by atoms with Gasteiger partial charge < -0.3 is 15.5 Å². The second-order valence-corrected chi connectivity index (χ2v) is 6.68. The number of piperazine rings is 1. The molecule has 0 aliphatic carbocycles. The van der Waals surface area contributed by atoms with E-state index < -0.39 is 4.92 Å². The van der Waals surface area contributed by atoms with E-state index in [-0.39, 0.29) is 11.6 Å². The summed E-state index contributed by atoms with van der Waals surface area (Å²) in [6.07, 6.45) is 0. The Labute approximate surface area is 162 Å². The van der Waals surface area contributed by atoms with Crippen molar-refractivity contribution < 1.29 is 9.72 Å². The first kappa shape index (κ1) is 17.9. The molecule has 2 N–H and O–H groups in total. The van der Waals surface area contributed by atoms with Crippen molar-refractivity contribution in [2.45, 2.75) is 0 Å². The molecule has 0 aromatic heterocycles. The normalized spacial score (nSPS) is 14.1. The van der Waals surface area contributed by atoms with E-state index in [2.05, 4.69) is 10.6 Å². The van der Waals surface area contributed by atoms with Gasteiger partial charge in [-0.25, -0.2) is 0 Å². The van der Waals surface area contributed by atoms with Gasteiger partial charge >= 0.3 is 0 Å². The Morgan fingerprint density at radius 3 is 2.57 bits per heavy atom. The molecule has 0 bridgehead atoms. The zero-order valence-corrected chi connectivity index (χ0v) is 15.2. The lowest BCUT2D eigenvalue weighted by molar-refractivity contribution is -0.384. The summed E-state index contributed by atoms with van der Waals surface area (Å²) in [5, 5.41) is 19.4. The summed E-state index contributed by atoms with van der Waals surface area (Å²) in [4.78, 5) is 26.0. The van der Waals surface area contributed by atoms with Crippen LogP contribution in [0.5, 0.6) is 0 Å². The number of anilines is 2. The van der Waals surface area contributed by atoms with Crippen LogP contribution in [0, 0.1) is 10.1 Å². The van der Waals surface area contributed by atoms with Crippen LogP contribution in [0.4, 0.5) is 17.1 Å². The number of hydrogen-bond acceptors (Lipinski definition) is 5. The number of rotatable bonds is 4. The molecular weight excluding hydrogens is 356 g/mol. The number of nitrogens with one attached hydrogen (secondary N) is 2. The van der Waals surface area contributed by atoms with Gasteiger partial charge in [0, 0.05) is 43.5 Å². The average molecular weight is 376 g/mol. The van der Waals surface area contributed by atoms with Gasteiger partial charge in [-0.1, -0.05) is 36.4 Å². The monoisotopic (exact) mass is 376 g/mol. The van der Waals surface area contributed by atoms with E-state index >= 15 is 0 Å². The molecule has 7 nitrogen and oxygen atoms in total. The van der Waals surface area contributed by atoms with Gasteiger partial charge in [-0.15, -0.1) is 0 Å². The summed E-state index contributed by atoms with van der Waals surface area (Å²) in [5.41, 5.74) is 1.52. The van der Waals surface area contributed by atoms with Crippen molar-refractivity contribution in [3.8, 4) is 0 Å². The number of benzene rings is 3. The fraction of sp³-hybridized carbons (Fsp3) is 0.190. The highest BCUT2D eigenvalue weighted by Gasteiger charge is 2.22. The third kappa shape index (κ3) is 3.52. The van der Waals surface area contributed by atoms with Crippen LogP contribution in [0.15, 0.2) is 60.7 Å². The van der Waals surface area contributed by atoms with Crippen LogP contribution in [0.25, 0.3) is 10.8 Å². The van der Waals surface area contributed by atoms with Gasteiger partial charge in [-0.2, -0.15) is 0 Å². The van der Waals surface area contributed by atoms with Crippen LogP contribution in [0.3, 0.4) is 0 Å². The number of carbonyl (C=O) groups excluding carboxylic acids is 1. The zero-order valence-electron chi connectivity index (χ0n) is 15.2. The lowest BCUT2D eigenvalue weighted by Gasteiger charge is -2.29. The Bertz CT molecular complexity index is 1040. The van der Waals surface area contributed by atoms with Crippen LogP contribution >= 0.6 is 0 Å². The maximum absolute atomic E-state index is 12.8. The molecule has 1 saturated heterocycles. The molecule has 0 spiro atoms. The van der Waals surface area contributed by atoms with Crippen molar-refractivity contribution in [2.24, 2.45) is 0 Å². The highest BCUT2D eigenvalue weighted by Crippen LogP contribution is 2.32. The SMILES string of the molecule is O=C(Nc1ccc(N2CCNCC2)c([N+](=O)[O-])c1)c1cccc2ccccc12. The van der Waals surface area contributed by atoms with E-state index in [1.807, 2.05) is 41.3 Å². The molecule has 0 radical (unpaired) electrons. The molecular formula is C21H20N4O3. The summed E-state index contributed by atoms with van der Waals surface area (Å²) in [6.45, 7) is 3.00. The maximum atomic E-state index is 12.8. The molecule has 28 heavy (non-hydrogen) atoms. The Hall–Kier alpha value is -3.45. The van der Waals surface area contributed by atoms with E-state index in [0.29, 0.717) is 30.0 Å². The molecule has 7 heteroatoms. The first-order valence-electron chi connectivity index (χ1n) is 9.17. The average Bonchev–Trinajstić information content (AvgIpc) is 2.74. The molecule has 3 aromatic carbocycles. The molecule has 1 amide bonds.